The maximum Gasteiger partial charge on any atom is 0.307 e. The maximum atomic E-state index is 12.4. The van der Waals surface area contributed by atoms with Crippen molar-refractivity contribution in [1.29, 1.82) is 0 Å². The van der Waals surface area contributed by atoms with E-state index in [-0.39, 0.29) is 30.8 Å². The number of aryl methyl sites for hydroxylation is 1. The van der Waals surface area contributed by atoms with Gasteiger partial charge in [-0.2, -0.15) is 0 Å². The molecule has 7 heteroatoms. The van der Waals surface area contributed by atoms with E-state index in [1.54, 1.807) is 14.2 Å². The monoisotopic (exact) mass is 377 g/mol. The fourth-order valence-corrected chi connectivity index (χ4v) is 3.33. The maximum absolute atomic E-state index is 12.4. The topological polar surface area (TPSA) is 73.9 Å². The van der Waals surface area contributed by atoms with Crippen molar-refractivity contribution in [3.63, 3.8) is 0 Å². The summed E-state index contributed by atoms with van der Waals surface area (Å²) >= 11 is 1.49. The summed E-state index contributed by atoms with van der Waals surface area (Å²) in [5, 5.41) is 4.83. The Morgan fingerprint density at radius 3 is 2.58 bits per heavy atom. The van der Waals surface area contributed by atoms with Crippen LogP contribution in [0.15, 0.2) is 35.7 Å². The largest absolute Gasteiger partial charge is 0.497 e. The lowest BCUT2D eigenvalue weighted by molar-refractivity contribution is -0.141. The van der Waals surface area contributed by atoms with Gasteiger partial charge in [-0.1, -0.05) is 6.07 Å². The molecular formula is C19H23NO5S. The molecule has 1 aromatic carbocycles. The molecule has 1 heterocycles. The van der Waals surface area contributed by atoms with Gasteiger partial charge in [0, 0.05) is 11.3 Å². The molecule has 2 aromatic rings. The number of rotatable bonds is 9. The van der Waals surface area contributed by atoms with Crippen LogP contribution in [0.1, 0.15) is 29.3 Å². The second-order valence-corrected chi connectivity index (χ2v) is 6.57. The SMILES string of the molecule is COC(=O)CC(NC(=O)CCc1cc(OC)ccc1OC)c1cccs1. The molecule has 0 radical (unpaired) electrons. The first-order valence-electron chi connectivity index (χ1n) is 8.17. The third kappa shape index (κ3) is 5.49. The number of carbonyl (C=O) groups is 2. The average Bonchev–Trinajstić information content (AvgIpc) is 3.20. The summed E-state index contributed by atoms with van der Waals surface area (Å²) in [5.74, 6) is 0.918. The minimum Gasteiger partial charge on any atom is -0.497 e. The molecule has 1 N–H and O–H groups in total. The van der Waals surface area contributed by atoms with Crippen LogP contribution >= 0.6 is 11.3 Å². The standard InChI is InChI=1S/C19H23NO5S/c1-23-14-7-8-16(24-2)13(11-14)6-9-18(21)20-15(12-19(22)25-3)17-5-4-10-26-17/h4-5,7-8,10-11,15H,6,9,12H2,1-3H3,(H,20,21). The molecule has 0 saturated heterocycles. The molecule has 0 spiro atoms. The van der Waals surface area contributed by atoms with E-state index in [1.165, 1.54) is 18.4 Å². The highest BCUT2D eigenvalue weighted by Gasteiger charge is 2.20. The smallest absolute Gasteiger partial charge is 0.307 e. The second kappa shape index (κ2) is 9.82. The number of nitrogens with one attached hydrogen (secondary N) is 1. The summed E-state index contributed by atoms with van der Waals surface area (Å²) in [4.78, 5) is 25.0. The van der Waals surface area contributed by atoms with Crippen LogP contribution in [-0.2, 0) is 20.7 Å². The van der Waals surface area contributed by atoms with Crippen LogP contribution in [0.25, 0.3) is 0 Å². The van der Waals surface area contributed by atoms with Gasteiger partial charge in [-0.05, 0) is 41.6 Å². The summed E-state index contributed by atoms with van der Waals surface area (Å²) in [6.45, 7) is 0. The number of hydrogen-bond donors (Lipinski definition) is 1. The van der Waals surface area contributed by atoms with E-state index < -0.39 is 0 Å². The lowest BCUT2D eigenvalue weighted by atomic mass is 10.1. The molecule has 1 unspecified atom stereocenters. The zero-order valence-electron chi connectivity index (χ0n) is 15.1. The van der Waals surface area contributed by atoms with Gasteiger partial charge in [-0.25, -0.2) is 0 Å². The Morgan fingerprint density at radius 2 is 1.96 bits per heavy atom. The summed E-state index contributed by atoms with van der Waals surface area (Å²) in [7, 11) is 4.52. The van der Waals surface area contributed by atoms with E-state index in [2.05, 4.69) is 5.32 Å². The van der Waals surface area contributed by atoms with Crippen LogP contribution in [0, 0.1) is 0 Å². The van der Waals surface area contributed by atoms with Crippen molar-refractivity contribution in [2.24, 2.45) is 0 Å². The molecule has 0 saturated carbocycles. The summed E-state index contributed by atoms with van der Waals surface area (Å²) in [5.41, 5.74) is 0.891. The number of thiophene rings is 1. The first-order valence-corrected chi connectivity index (χ1v) is 9.05. The fraction of sp³-hybridized carbons (Fsp3) is 0.368. The molecule has 0 fully saturated rings. The summed E-state index contributed by atoms with van der Waals surface area (Å²) < 4.78 is 15.3. The molecule has 1 amide bonds. The molecule has 1 aromatic heterocycles. The molecule has 6 nitrogen and oxygen atoms in total. The highest BCUT2D eigenvalue weighted by molar-refractivity contribution is 7.10. The average molecular weight is 377 g/mol. The zero-order valence-corrected chi connectivity index (χ0v) is 15.9. The van der Waals surface area contributed by atoms with Gasteiger partial charge in [-0.3, -0.25) is 9.59 Å². The number of methoxy groups -OCH3 is 3. The zero-order chi connectivity index (χ0) is 18.9. The van der Waals surface area contributed by atoms with Gasteiger partial charge in [0.15, 0.2) is 0 Å². The number of hydrogen-bond acceptors (Lipinski definition) is 6. The Bertz CT molecular complexity index is 730. The van der Waals surface area contributed by atoms with Crippen molar-refractivity contribution in [3.05, 3.63) is 46.2 Å². The predicted molar refractivity (Wildman–Crippen MR) is 99.7 cm³/mol. The molecule has 140 valence electrons. The number of carbonyl (C=O) groups excluding carboxylic acids is 2. The minimum absolute atomic E-state index is 0.102. The molecule has 0 aliphatic rings. The van der Waals surface area contributed by atoms with Crippen molar-refractivity contribution >= 4 is 23.2 Å². The Kier molecular flexibility index (Phi) is 7.47. The molecule has 2 rings (SSSR count). The van der Waals surface area contributed by atoms with Crippen molar-refractivity contribution in [2.75, 3.05) is 21.3 Å². The van der Waals surface area contributed by atoms with E-state index in [0.717, 1.165) is 10.4 Å². The predicted octanol–water partition coefficient (Wildman–Crippen LogP) is 3.12. The first-order chi connectivity index (χ1) is 12.6. The lowest BCUT2D eigenvalue weighted by Gasteiger charge is -2.17. The van der Waals surface area contributed by atoms with Gasteiger partial charge in [-0.15, -0.1) is 11.3 Å². The van der Waals surface area contributed by atoms with Crippen molar-refractivity contribution < 1.29 is 23.8 Å². The highest BCUT2D eigenvalue weighted by atomic mass is 32.1. The van der Waals surface area contributed by atoms with Crippen molar-refractivity contribution in [2.45, 2.75) is 25.3 Å². The Hall–Kier alpha value is -2.54. The van der Waals surface area contributed by atoms with E-state index >= 15 is 0 Å². The third-order valence-corrected chi connectivity index (χ3v) is 4.92. The van der Waals surface area contributed by atoms with Crippen LogP contribution in [0.2, 0.25) is 0 Å². The lowest BCUT2D eigenvalue weighted by Crippen LogP contribution is -2.30. The van der Waals surface area contributed by atoms with Gasteiger partial charge in [0.1, 0.15) is 11.5 Å². The number of esters is 1. The molecule has 0 aliphatic heterocycles. The van der Waals surface area contributed by atoms with Gasteiger partial charge in [0.2, 0.25) is 5.91 Å². The molecule has 26 heavy (non-hydrogen) atoms. The summed E-state index contributed by atoms with van der Waals surface area (Å²) in [6, 6.07) is 8.88. The van der Waals surface area contributed by atoms with E-state index in [4.69, 9.17) is 14.2 Å². The van der Waals surface area contributed by atoms with Crippen LogP contribution < -0.4 is 14.8 Å². The molecule has 1 atom stereocenters. The molecular weight excluding hydrogens is 354 g/mol. The fourth-order valence-electron chi connectivity index (χ4n) is 2.55. The Morgan fingerprint density at radius 1 is 1.15 bits per heavy atom. The minimum atomic E-state index is -0.387. The summed E-state index contributed by atoms with van der Waals surface area (Å²) in [6.07, 6.45) is 0.874. The van der Waals surface area contributed by atoms with Crippen LogP contribution in [-0.4, -0.2) is 33.2 Å². The van der Waals surface area contributed by atoms with Gasteiger partial charge >= 0.3 is 5.97 Å². The molecule has 0 bridgehead atoms. The van der Waals surface area contributed by atoms with E-state index in [0.29, 0.717) is 17.9 Å². The second-order valence-electron chi connectivity index (χ2n) is 5.59. The highest BCUT2D eigenvalue weighted by Crippen LogP contribution is 2.26. The van der Waals surface area contributed by atoms with Crippen LogP contribution in [0.4, 0.5) is 0 Å². The van der Waals surface area contributed by atoms with Gasteiger partial charge < -0.3 is 19.5 Å². The quantitative estimate of drug-likeness (QED) is 0.680. The van der Waals surface area contributed by atoms with Crippen LogP contribution in [0.3, 0.4) is 0 Å². The number of amides is 1. The number of ether oxygens (including phenoxy) is 3. The Labute approximate surface area is 157 Å². The normalized spacial score (nSPS) is 11.5. The first kappa shape index (κ1) is 19.8. The van der Waals surface area contributed by atoms with E-state index in [9.17, 15) is 9.59 Å². The molecule has 0 aliphatic carbocycles. The third-order valence-electron chi connectivity index (χ3n) is 3.93. The van der Waals surface area contributed by atoms with Gasteiger partial charge in [0.25, 0.3) is 0 Å². The van der Waals surface area contributed by atoms with E-state index in [1.807, 2.05) is 35.7 Å². The van der Waals surface area contributed by atoms with Crippen LogP contribution in [0.5, 0.6) is 11.5 Å². The van der Waals surface area contributed by atoms with Crippen molar-refractivity contribution in [3.8, 4) is 11.5 Å². The van der Waals surface area contributed by atoms with Crippen molar-refractivity contribution in [1.82, 2.24) is 5.32 Å². The van der Waals surface area contributed by atoms with Gasteiger partial charge in [0.05, 0.1) is 33.8 Å². The Balaban J connectivity index is 2.01. The number of benzene rings is 1.